The molecule has 0 fully saturated rings. The third-order valence-electron chi connectivity index (χ3n) is 3.44. The van der Waals surface area contributed by atoms with E-state index in [1.807, 2.05) is 13.0 Å². The van der Waals surface area contributed by atoms with Crippen LogP contribution in [0.2, 0.25) is 0 Å². The van der Waals surface area contributed by atoms with E-state index in [0.29, 0.717) is 17.7 Å². The Morgan fingerprint density at radius 3 is 2.70 bits per heavy atom. The van der Waals surface area contributed by atoms with Crippen LogP contribution in [0, 0.1) is 0 Å². The average Bonchev–Trinajstić information content (AvgIpc) is 2.46. The molecule has 6 heteroatoms. The molecule has 0 saturated heterocycles. The van der Waals surface area contributed by atoms with Gasteiger partial charge in [0.1, 0.15) is 11.5 Å². The summed E-state index contributed by atoms with van der Waals surface area (Å²) in [5.41, 5.74) is 3.31. The normalized spacial score (nSPS) is 16.1. The first-order valence-corrected chi connectivity index (χ1v) is 6.41. The fraction of sp³-hybridized carbons (Fsp3) is 0.357. The standard InChI is InChI=1S/C14H17N3O3/c1-9(10-5-3-4-6-12(10)18)17(2)14(20)11-7-8-13(19)16-15-11/h3-6,9,18H,7-8H2,1-2H3,(H,16,19). The number of aromatic hydroxyl groups is 1. The minimum absolute atomic E-state index is 0.151. The highest BCUT2D eigenvalue weighted by molar-refractivity contribution is 6.39. The van der Waals surface area contributed by atoms with Gasteiger partial charge >= 0.3 is 0 Å². The van der Waals surface area contributed by atoms with Crippen LogP contribution in [0.1, 0.15) is 31.4 Å². The summed E-state index contributed by atoms with van der Waals surface area (Å²) >= 11 is 0. The third-order valence-corrected chi connectivity index (χ3v) is 3.44. The zero-order chi connectivity index (χ0) is 14.7. The minimum atomic E-state index is -0.288. The van der Waals surface area contributed by atoms with E-state index in [9.17, 15) is 14.7 Å². The first kappa shape index (κ1) is 14.0. The summed E-state index contributed by atoms with van der Waals surface area (Å²) in [5.74, 6) is -0.280. The van der Waals surface area contributed by atoms with Crippen molar-refractivity contribution in [2.45, 2.75) is 25.8 Å². The number of hydrazone groups is 1. The average molecular weight is 275 g/mol. The van der Waals surface area contributed by atoms with Crippen molar-refractivity contribution in [1.29, 1.82) is 0 Å². The Labute approximate surface area is 117 Å². The first-order chi connectivity index (χ1) is 9.50. The molecule has 106 valence electrons. The van der Waals surface area contributed by atoms with Gasteiger partial charge in [0.05, 0.1) is 6.04 Å². The van der Waals surface area contributed by atoms with Gasteiger partial charge in [0, 0.05) is 25.5 Å². The second-order valence-electron chi connectivity index (χ2n) is 4.74. The number of carbonyl (C=O) groups excluding carboxylic acids is 2. The van der Waals surface area contributed by atoms with Crippen LogP contribution in [-0.2, 0) is 9.59 Å². The number of carbonyl (C=O) groups is 2. The number of amides is 2. The van der Waals surface area contributed by atoms with E-state index in [0.717, 1.165) is 0 Å². The molecule has 0 radical (unpaired) electrons. The summed E-state index contributed by atoms with van der Waals surface area (Å²) in [6, 6.07) is 6.61. The van der Waals surface area contributed by atoms with Crippen molar-refractivity contribution >= 4 is 17.5 Å². The Bertz CT molecular complexity index is 569. The Balaban J connectivity index is 2.15. The van der Waals surface area contributed by atoms with Gasteiger partial charge in [-0.1, -0.05) is 18.2 Å². The molecule has 0 aromatic heterocycles. The molecule has 2 N–H and O–H groups in total. The van der Waals surface area contributed by atoms with Crippen molar-refractivity contribution in [3.8, 4) is 5.75 Å². The topological polar surface area (TPSA) is 82.0 Å². The lowest BCUT2D eigenvalue weighted by atomic mass is 10.0. The van der Waals surface area contributed by atoms with Gasteiger partial charge in [-0.3, -0.25) is 9.59 Å². The van der Waals surface area contributed by atoms with Gasteiger partial charge in [-0.05, 0) is 13.0 Å². The van der Waals surface area contributed by atoms with Crippen molar-refractivity contribution in [3.05, 3.63) is 29.8 Å². The van der Waals surface area contributed by atoms with Crippen LogP contribution in [0.15, 0.2) is 29.4 Å². The molecular formula is C14H17N3O3. The fourth-order valence-corrected chi connectivity index (χ4v) is 2.06. The lowest BCUT2D eigenvalue weighted by Crippen LogP contribution is -2.39. The lowest BCUT2D eigenvalue weighted by Gasteiger charge is -2.27. The molecule has 1 aromatic rings. The smallest absolute Gasteiger partial charge is 0.270 e. The second-order valence-corrected chi connectivity index (χ2v) is 4.74. The van der Waals surface area contributed by atoms with Gasteiger partial charge in [0.2, 0.25) is 5.91 Å². The quantitative estimate of drug-likeness (QED) is 0.869. The molecule has 6 nitrogen and oxygen atoms in total. The molecule has 1 aliphatic rings. The number of rotatable bonds is 3. The molecule has 0 aliphatic carbocycles. The van der Waals surface area contributed by atoms with E-state index in [1.165, 1.54) is 4.90 Å². The van der Waals surface area contributed by atoms with Crippen molar-refractivity contribution in [3.63, 3.8) is 0 Å². The van der Waals surface area contributed by atoms with Crippen LogP contribution >= 0.6 is 0 Å². The van der Waals surface area contributed by atoms with Crippen LogP contribution in [0.4, 0.5) is 0 Å². The summed E-state index contributed by atoms with van der Waals surface area (Å²) in [5, 5.41) is 13.6. The highest BCUT2D eigenvalue weighted by Crippen LogP contribution is 2.27. The van der Waals surface area contributed by atoms with E-state index in [4.69, 9.17) is 0 Å². The molecule has 1 aromatic carbocycles. The van der Waals surface area contributed by atoms with Gasteiger partial charge in [-0.2, -0.15) is 5.10 Å². The van der Waals surface area contributed by atoms with Crippen molar-refractivity contribution < 1.29 is 14.7 Å². The van der Waals surface area contributed by atoms with Gasteiger partial charge in [0.15, 0.2) is 0 Å². The summed E-state index contributed by atoms with van der Waals surface area (Å²) < 4.78 is 0. The Morgan fingerprint density at radius 2 is 2.10 bits per heavy atom. The number of nitrogens with zero attached hydrogens (tertiary/aromatic N) is 2. The molecule has 2 rings (SSSR count). The molecular weight excluding hydrogens is 258 g/mol. The third kappa shape index (κ3) is 2.79. The molecule has 0 saturated carbocycles. The van der Waals surface area contributed by atoms with Crippen LogP contribution in [0.5, 0.6) is 5.75 Å². The predicted octanol–water partition coefficient (Wildman–Crippen LogP) is 1.18. The highest BCUT2D eigenvalue weighted by atomic mass is 16.3. The number of hydrogen-bond donors (Lipinski definition) is 2. The molecule has 1 aliphatic heterocycles. The molecule has 20 heavy (non-hydrogen) atoms. The van der Waals surface area contributed by atoms with E-state index in [1.54, 1.807) is 25.2 Å². The summed E-state index contributed by atoms with van der Waals surface area (Å²) in [6.07, 6.45) is 0.603. The molecule has 2 amide bonds. The largest absolute Gasteiger partial charge is 0.508 e. The van der Waals surface area contributed by atoms with Crippen molar-refractivity contribution in [2.75, 3.05) is 7.05 Å². The molecule has 0 bridgehead atoms. The number of phenols is 1. The first-order valence-electron chi connectivity index (χ1n) is 6.41. The molecule has 1 heterocycles. The molecule has 1 atom stereocenters. The van der Waals surface area contributed by atoms with Crippen LogP contribution in [-0.4, -0.2) is 34.6 Å². The van der Waals surface area contributed by atoms with Gasteiger partial charge in [0.25, 0.3) is 5.91 Å². The number of hydrogen-bond acceptors (Lipinski definition) is 4. The van der Waals surface area contributed by atoms with Gasteiger partial charge in [-0.25, -0.2) is 5.43 Å². The van der Waals surface area contributed by atoms with Gasteiger partial charge < -0.3 is 10.0 Å². The monoisotopic (exact) mass is 275 g/mol. The van der Waals surface area contributed by atoms with Crippen molar-refractivity contribution in [1.82, 2.24) is 10.3 Å². The summed E-state index contributed by atoms with van der Waals surface area (Å²) in [7, 11) is 1.65. The highest BCUT2D eigenvalue weighted by Gasteiger charge is 2.25. The maximum atomic E-state index is 12.3. The number of nitrogens with one attached hydrogen (secondary N) is 1. The minimum Gasteiger partial charge on any atom is -0.508 e. The zero-order valence-corrected chi connectivity index (χ0v) is 11.5. The Kier molecular flexibility index (Phi) is 4.02. The fourth-order valence-electron chi connectivity index (χ4n) is 2.06. The van der Waals surface area contributed by atoms with E-state index < -0.39 is 0 Å². The maximum Gasteiger partial charge on any atom is 0.270 e. The number of para-hydroxylation sites is 1. The van der Waals surface area contributed by atoms with Crippen molar-refractivity contribution in [2.24, 2.45) is 5.10 Å². The predicted molar refractivity (Wildman–Crippen MR) is 74.1 cm³/mol. The number of phenolic OH excluding ortho intramolecular Hbond substituents is 1. The SMILES string of the molecule is CC(c1ccccc1O)N(C)C(=O)C1=NNC(=O)CC1. The number of benzene rings is 1. The molecule has 0 spiro atoms. The van der Waals surface area contributed by atoms with E-state index in [2.05, 4.69) is 10.5 Å². The summed E-state index contributed by atoms with van der Waals surface area (Å²) in [6.45, 7) is 1.83. The molecule has 1 unspecified atom stereocenters. The van der Waals surface area contributed by atoms with Crippen LogP contribution < -0.4 is 5.43 Å². The Hall–Kier alpha value is -2.37. The van der Waals surface area contributed by atoms with Gasteiger partial charge in [-0.15, -0.1) is 0 Å². The lowest BCUT2D eigenvalue weighted by molar-refractivity contribution is -0.125. The Morgan fingerprint density at radius 1 is 1.40 bits per heavy atom. The van der Waals surface area contributed by atoms with Crippen LogP contribution in [0.3, 0.4) is 0 Å². The summed E-state index contributed by atoms with van der Waals surface area (Å²) in [4.78, 5) is 24.8. The second kappa shape index (κ2) is 5.73. The zero-order valence-electron chi connectivity index (χ0n) is 11.5. The van der Waals surface area contributed by atoms with E-state index in [-0.39, 0.29) is 30.0 Å². The maximum absolute atomic E-state index is 12.3. The van der Waals surface area contributed by atoms with E-state index >= 15 is 0 Å². The van der Waals surface area contributed by atoms with Crippen LogP contribution in [0.25, 0.3) is 0 Å².